The molecule has 1 aromatic carbocycles. The molecule has 0 saturated heterocycles. The van der Waals surface area contributed by atoms with Gasteiger partial charge in [0.1, 0.15) is 0 Å². The Labute approximate surface area is 114 Å². The van der Waals surface area contributed by atoms with E-state index < -0.39 is 0 Å². The van der Waals surface area contributed by atoms with Crippen LogP contribution in [0.1, 0.15) is 10.4 Å². The lowest BCUT2D eigenvalue weighted by Gasteiger charge is -2.11. The van der Waals surface area contributed by atoms with Gasteiger partial charge in [-0.25, -0.2) is 0 Å². The number of nitrogens with two attached hydrogens (primary N) is 1. The summed E-state index contributed by atoms with van der Waals surface area (Å²) < 4.78 is 11.1. The Kier molecular flexibility index (Phi) is 5.49. The zero-order chi connectivity index (χ0) is 12.8. The zero-order valence-corrected chi connectivity index (χ0v) is 11.9. The van der Waals surface area contributed by atoms with Gasteiger partial charge in [0.15, 0.2) is 11.5 Å². The Morgan fingerprint density at radius 3 is 2.47 bits per heavy atom. The minimum atomic E-state index is -0.166. The molecule has 1 amide bonds. The second-order valence-electron chi connectivity index (χ2n) is 3.23. The first-order valence-corrected chi connectivity index (χ1v) is 6.11. The number of nitrogens with one attached hydrogen (secondary N) is 1. The number of hydrogen-bond acceptors (Lipinski definition) is 4. The summed E-state index contributed by atoms with van der Waals surface area (Å²) in [6.07, 6.45) is 0. The molecule has 0 saturated carbocycles. The number of ether oxygens (including phenoxy) is 2. The van der Waals surface area contributed by atoms with Crippen molar-refractivity contribution in [1.29, 1.82) is 0 Å². The van der Waals surface area contributed by atoms with Crippen LogP contribution in [-0.4, -0.2) is 33.2 Å². The molecule has 6 heteroatoms. The van der Waals surface area contributed by atoms with E-state index >= 15 is 0 Å². The van der Waals surface area contributed by atoms with Gasteiger partial charge in [0.05, 0.1) is 19.8 Å². The van der Waals surface area contributed by atoms with Crippen molar-refractivity contribution in [2.24, 2.45) is 5.73 Å². The largest absolute Gasteiger partial charge is 0.493 e. The first kappa shape index (κ1) is 14.0. The van der Waals surface area contributed by atoms with Gasteiger partial charge in [-0.3, -0.25) is 4.79 Å². The molecule has 1 rings (SSSR count). The molecule has 0 heterocycles. The van der Waals surface area contributed by atoms with Crippen LogP contribution in [0.2, 0.25) is 0 Å². The van der Waals surface area contributed by atoms with Gasteiger partial charge in [-0.15, -0.1) is 0 Å². The highest BCUT2D eigenvalue weighted by atomic mass is 127. The lowest BCUT2D eigenvalue weighted by atomic mass is 10.2. The van der Waals surface area contributed by atoms with Crippen LogP contribution in [0.15, 0.2) is 12.1 Å². The fraction of sp³-hybridized carbons (Fsp3) is 0.364. The second kappa shape index (κ2) is 6.65. The molecular weight excluding hydrogens is 335 g/mol. The third-order valence-electron chi connectivity index (χ3n) is 2.15. The van der Waals surface area contributed by atoms with E-state index in [1.165, 1.54) is 7.11 Å². The van der Waals surface area contributed by atoms with Gasteiger partial charge in [0.25, 0.3) is 5.91 Å². The number of methoxy groups -OCH3 is 2. The Hall–Kier alpha value is -1.02. The number of carbonyl (C=O) groups excluding carboxylic acids is 1. The van der Waals surface area contributed by atoms with E-state index in [1.807, 2.05) is 0 Å². The maximum absolute atomic E-state index is 11.8. The summed E-state index contributed by atoms with van der Waals surface area (Å²) in [5.74, 6) is 0.971. The number of hydrogen-bond donors (Lipinski definition) is 2. The van der Waals surface area contributed by atoms with E-state index in [0.717, 1.165) is 3.57 Å². The van der Waals surface area contributed by atoms with E-state index in [4.69, 9.17) is 15.2 Å². The molecule has 0 aliphatic rings. The molecule has 17 heavy (non-hydrogen) atoms. The molecule has 0 aliphatic carbocycles. The molecule has 94 valence electrons. The first-order valence-electron chi connectivity index (χ1n) is 5.03. The molecule has 0 spiro atoms. The normalized spacial score (nSPS) is 9.88. The molecule has 1 aromatic rings. The first-order chi connectivity index (χ1) is 8.13. The summed E-state index contributed by atoms with van der Waals surface area (Å²) >= 11 is 2.08. The van der Waals surface area contributed by atoms with Crippen LogP contribution in [0.3, 0.4) is 0 Å². The number of benzene rings is 1. The molecule has 0 radical (unpaired) electrons. The lowest BCUT2D eigenvalue weighted by molar-refractivity contribution is 0.0953. The van der Waals surface area contributed by atoms with Crippen molar-refractivity contribution in [2.75, 3.05) is 27.3 Å². The smallest absolute Gasteiger partial charge is 0.252 e. The second-order valence-corrected chi connectivity index (χ2v) is 4.39. The summed E-state index contributed by atoms with van der Waals surface area (Å²) in [7, 11) is 3.09. The highest BCUT2D eigenvalue weighted by Crippen LogP contribution is 2.31. The zero-order valence-electron chi connectivity index (χ0n) is 9.75. The average Bonchev–Trinajstić information content (AvgIpc) is 2.35. The van der Waals surface area contributed by atoms with E-state index in [9.17, 15) is 4.79 Å². The van der Waals surface area contributed by atoms with Crippen molar-refractivity contribution in [3.63, 3.8) is 0 Å². The highest BCUT2D eigenvalue weighted by Gasteiger charge is 2.14. The minimum Gasteiger partial charge on any atom is -0.493 e. The number of rotatable bonds is 5. The maximum Gasteiger partial charge on any atom is 0.252 e. The molecule has 5 nitrogen and oxygen atoms in total. The quantitative estimate of drug-likeness (QED) is 0.777. The minimum absolute atomic E-state index is 0.166. The standard InChI is InChI=1S/C11H15IN2O3/c1-16-9-5-7(11(15)14-4-3-13)8(12)6-10(9)17-2/h5-6H,3-4,13H2,1-2H3,(H,14,15). The van der Waals surface area contributed by atoms with Crippen LogP contribution in [0, 0.1) is 3.57 Å². The van der Waals surface area contributed by atoms with Crippen LogP contribution in [0.4, 0.5) is 0 Å². The van der Waals surface area contributed by atoms with Crippen molar-refractivity contribution in [3.8, 4) is 11.5 Å². The predicted octanol–water partition coefficient (Wildman–Crippen LogP) is 0.997. The van der Waals surface area contributed by atoms with Crippen LogP contribution in [-0.2, 0) is 0 Å². The molecule has 0 atom stereocenters. The highest BCUT2D eigenvalue weighted by molar-refractivity contribution is 14.1. The fourth-order valence-electron chi connectivity index (χ4n) is 1.31. The Morgan fingerprint density at radius 1 is 1.35 bits per heavy atom. The monoisotopic (exact) mass is 350 g/mol. The van der Waals surface area contributed by atoms with Crippen LogP contribution < -0.4 is 20.5 Å². The van der Waals surface area contributed by atoms with E-state index in [-0.39, 0.29) is 5.91 Å². The Balaban J connectivity index is 3.03. The fourth-order valence-corrected chi connectivity index (χ4v) is 1.99. The van der Waals surface area contributed by atoms with Gasteiger partial charge in [0, 0.05) is 16.7 Å². The van der Waals surface area contributed by atoms with Gasteiger partial charge in [-0.2, -0.15) is 0 Å². The van der Waals surface area contributed by atoms with Gasteiger partial charge < -0.3 is 20.5 Å². The average molecular weight is 350 g/mol. The van der Waals surface area contributed by atoms with Crippen molar-refractivity contribution >= 4 is 28.5 Å². The molecule has 0 bridgehead atoms. The van der Waals surface area contributed by atoms with Gasteiger partial charge in [-0.05, 0) is 34.7 Å². The van der Waals surface area contributed by atoms with Crippen molar-refractivity contribution in [1.82, 2.24) is 5.32 Å². The van der Waals surface area contributed by atoms with Crippen LogP contribution in [0.25, 0.3) is 0 Å². The number of halogens is 1. The summed E-state index contributed by atoms with van der Waals surface area (Å²) in [4.78, 5) is 11.8. The van der Waals surface area contributed by atoms with Crippen molar-refractivity contribution < 1.29 is 14.3 Å². The Bertz CT molecular complexity index is 410. The topological polar surface area (TPSA) is 73.6 Å². The lowest BCUT2D eigenvalue weighted by Crippen LogP contribution is -2.29. The van der Waals surface area contributed by atoms with E-state index in [2.05, 4.69) is 27.9 Å². The summed E-state index contributed by atoms with van der Waals surface area (Å²) in [6, 6.07) is 3.42. The van der Waals surface area contributed by atoms with Crippen LogP contribution in [0.5, 0.6) is 11.5 Å². The number of amides is 1. The maximum atomic E-state index is 11.8. The molecule has 0 aliphatic heterocycles. The summed E-state index contributed by atoms with van der Waals surface area (Å²) in [5, 5.41) is 2.71. The Morgan fingerprint density at radius 2 is 1.94 bits per heavy atom. The van der Waals surface area contributed by atoms with Crippen molar-refractivity contribution in [3.05, 3.63) is 21.3 Å². The van der Waals surface area contributed by atoms with E-state index in [0.29, 0.717) is 30.2 Å². The molecular formula is C11H15IN2O3. The molecule has 0 unspecified atom stereocenters. The van der Waals surface area contributed by atoms with Gasteiger partial charge in [-0.1, -0.05) is 0 Å². The molecule has 0 aromatic heterocycles. The van der Waals surface area contributed by atoms with Gasteiger partial charge in [0.2, 0.25) is 0 Å². The SMILES string of the molecule is COc1cc(I)c(C(=O)NCCN)cc1OC. The van der Waals surface area contributed by atoms with E-state index in [1.54, 1.807) is 19.2 Å². The predicted molar refractivity (Wildman–Crippen MR) is 73.7 cm³/mol. The van der Waals surface area contributed by atoms with Crippen LogP contribution >= 0.6 is 22.6 Å². The van der Waals surface area contributed by atoms with Gasteiger partial charge >= 0.3 is 0 Å². The summed E-state index contributed by atoms with van der Waals surface area (Å²) in [5.41, 5.74) is 5.89. The number of carbonyl (C=O) groups is 1. The molecule has 0 fully saturated rings. The third-order valence-corrected chi connectivity index (χ3v) is 3.04. The third kappa shape index (κ3) is 3.47. The summed E-state index contributed by atoms with van der Waals surface area (Å²) in [6.45, 7) is 0.860. The van der Waals surface area contributed by atoms with Crippen molar-refractivity contribution in [2.45, 2.75) is 0 Å². The molecule has 3 N–H and O–H groups in total.